The first-order valence-corrected chi connectivity index (χ1v) is 25.6. The topological polar surface area (TPSA) is 352 Å². The Kier molecular flexibility index (Phi) is 17.0. The fourth-order valence-corrected chi connectivity index (χ4v) is 10.2. The number of nitrogens with one attached hydrogen (secondary N) is 7. The van der Waals surface area contributed by atoms with E-state index in [-0.39, 0.29) is 49.1 Å². The number of hydrogen-bond donors (Lipinski definition) is 9. The van der Waals surface area contributed by atoms with Crippen molar-refractivity contribution >= 4 is 70.1 Å². The number of aliphatic hydroxyl groups is 1. The summed E-state index contributed by atoms with van der Waals surface area (Å²) in [4.78, 5) is 148. The summed E-state index contributed by atoms with van der Waals surface area (Å²) < 4.78 is 27.8. The van der Waals surface area contributed by atoms with E-state index < -0.39 is 146 Å². The second-order valence-corrected chi connectivity index (χ2v) is 19.7. The number of pyridine rings is 2. The number of aromatic nitrogens is 2. The molecule has 5 heterocycles. The van der Waals surface area contributed by atoms with E-state index in [0.29, 0.717) is 57.4 Å². The number of carbonyl (C=O) groups excluding carboxylic acids is 9. The molecule has 2 aromatic carbocycles. The van der Waals surface area contributed by atoms with E-state index in [0.717, 1.165) is 4.90 Å². The Bertz CT molecular complexity index is 3260. The molecule has 4 aliphatic rings. The van der Waals surface area contributed by atoms with Gasteiger partial charge in [-0.2, -0.15) is 0 Å². The Labute approximate surface area is 449 Å². The van der Waals surface area contributed by atoms with Crippen molar-refractivity contribution < 1.29 is 72.0 Å². The monoisotopic (exact) mass is 1090 g/mol. The summed E-state index contributed by atoms with van der Waals surface area (Å²) in [5.41, 5.74) is 1.60. The van der Waals surface area contributed by atoms with E-state index >= 15 is 4.39 Å². The first-order valence-electron chi connectivity index (χ1n) is 25.6. The van der Waals surface area contributed by atoms with Crippen molar-refractivity contribution in [2.75, 3.05) is 39.5 Å². The maximum absolute atomic E-state index is 15.4. The van der Waals surface area contributed by atoms with Gasteiger partial charge in [-0.3, -0.25) is 52.8 Å². The molecule has 4 aromatic rings. The van der Waals surface area contributed by atoms with Crippen LogP contribution >= 0.6 is 0 Å². The Balaban J connectivity index is 0.848. The number of aryl methyl sites for hydroxylation is 1. The smallest absolute Gasteiger partial charge is 0.343 e. The number of aliphatic carboxylic acids is 1. The third kappa shape index (κ3) is 11.8. The molecule has 3 aliphatic heterocycles. The normalized spacial score (nSPS) is 19.0. The van der Waals surface area contributed by atoms with Gasteiger partial charge in [0.15, 0.2) is 5.60 Å². The van der Waals surface area contributed by atoms with Gasteiger partial charge in [0.25, 0.3) is 5.56 Å². The van der Waals surface area contributed by atoms with Crippen molar-refractivity contribution in [3.05, 3.63) is 97.6 Å². The summed E-state index contributed by atoms with van der Waals surface area (Å²) in [6.45, 7) is 2.52. The largest absolute Gasteiger partial charge is 0.480 e. The Hall–Kier alpha value is -8.49. The van der Waals surface area contributed by atoms with Crippen LogP contribution in [-0.4, -0.2) is 142 Å². The fourth-order valence-electron chi connectivity index (χ4n) is 10.2. The second kappa shape index (κ2) is 23.6. The van der Waals surface area contributed by atoms with E-state index in [4.69, 9.17) is 19.6 Å². The maximum Gasteiger partial charge on any atom is 0.343 e. The Morgan fingerprint density at radius 2 is 1.59 bits per heavy atom. The number of halogens is 1. The van der Waals surface area contributed by atoms with E-state index in [1.54, 1.807) is 50.2 Å². The highest BCUT2D eigenvalue weighted by atomic mass is 19.1. The van der Waals surface area contributed by atoms with Gasteiger partial charge in [-0.05, 0) is 61.4 Å². The molecule has 0 radical (unpaired) electrons. The van der Waals surface area contributed by atoms with Crippen molar-refractivity contribution in [1.82, 2.24) is 51.7 Å². The molecule has 2 unspecified atom stereocenters. The van der Waals surface area contributed by atoms with E-state index in [2.05, 4.69) is 37.2 Å². The zero-order valence-electron chi connectivity index (χ0n) is 43.5. The molecule has 0 bridgehead atoms. The number of imide groups is 1. The molecule has 79 heavy (non-hydrogen) atoms. The predicted octanol–water partition coefficient (Wildman–Crippen LogP) is -1.38. The highest BCUT2D eigenvalue weighted by Crippen LogP contribution is 2.46. The molecule has 26 heteroatoms. The van der Waals surface area contributed by atoms with Gasteiger partial charge < -0.3 is 61.5 Å². The molecule has 8 amide bonds. The van der Waals surface area contributed by atoms with Crippen molar-refractivity contribution in [3.8, 4) is 11.4 Å². The summed E-state index contributed by atoms with van der Waals surface area (Å²) in [7, 11) is 0. The molecule has 1 saturated heterocycles. The number of esters is 1. The number of amides is 8. The minimum Gasteiger partial charge on any atom is -0.480 e. The van der Waals surface area contributed by atoms with Crippen molar-refractivity contribution in [1.29, 1.82) is 0 Å². The summed E-state index contributed by atoms with van der Waals surface area (Å²) in [6, 6.07) is 8.04. The molecule has 418 valence electrons. The first kappa shape index (κ1) is 56.7. The van der Waals surface area contributed by atoms with Crippen molar-refractivity contribution in [2.45, 2.75) is 103 Å². The first-order chi connectivity index (χ1) is 37.6. The summed E-state index contributed by atoms with van der Waals surface area (Å²) in [5.74, 6) is -9.28. The molecule has 0 spiro atoms. The highest BCUT2D eigenvalue weighted by molar-refractivity contribution is 6.07. The Morgan fingerprint density at radius 1 is 0.899 bits per heavy atom. The number of likely N-dealkylation sites (tertiary alicyclic amines) is 1. The van der Waals surface area contributed by atoms with Crippen molar-refractivity contribution in [2.24, 2.45) is 5.92 Å². The molecule has 1 aliphatic carbocycles. The van der Waals surface area contributed by atoms with Gasteiger partial charge in [0.1, 0.15) is 37.3 Å². The summed E-state index contributed by atoms with van der Waals surface area (Å²) in [6.07, 6.45) is -0.680. The van der Waals surface area contributed by atoms with Crippen LogP contribution in [0, 0.1) is 18.7 Å². The molecule has 25 nitrogen and oxygen atoms in total. The van der Waals surface area contributed by atoms with Gasteiger partial charge in [-0.25, -0.2) is 14.2 Å². The van der Waals surface area contributed by atoms with Crippen LogP contribution in [0.5, 0.6) is 0 Å². The minimum absolute atomic E-state index is 0.0294. The van der Waals surface area contributed by atoms with Gasteiger partial charge in [-0.1, -0.05) is 44.2 Å². The van der Waals surface area contributed by atoms with Gasteiger partial charge >= 0.3 is 11.9 Å². The third-order valence-electron chi connectivity index (χ3n) is 14.5. The van der Waals surface area contributed by atoms with Crippen LogP contribution in [-0.2, 0) is 89.0 Å². The van der Waals surface area contributed by atoms with Gasteiger partial charge in [0.2, 0.25) is 47.3 Å². The van der Waals surface area contributed by atoms with E-state index in [9.17, 15) is 57.8 Å². The third-order valence-corrected chi connectivity index (χ3v) is 14.5. The number of rotatable bonds is 22. The number of hydrogen-bond acceptors (Lipinski definition) is 16. The molecule has 1 fully saturated rings. The number of carboxylic acids is 1. The Morgan fingerprint density at radius 3 is 2.28 bits per heavy atom. The number of carboxylic acid groups (broad SMARTS) is 1. The summed E-state index contributed by atoms with van der Waals surface area (Å²) >= 11 is 0. The molecule has 6 atom stereocenters. The number of ether oxygens (including phenoxy) is 2. The van der Waals surface area contributed by atoms with Gasteiger partial charge in [0, 0.05) is 47.9 Å². The zero-order chi connectivity index (χ0) is 57.0. The summed E-state index contributed by atoms with van der Waals surface area (Å²) in [5, 5.41) is 38.5. The predicted molar refractivity (Wildman–Crippen MR) is 273 cm³/mol. The lowest BCUT2D eigenvalue weighted by molar-refractivity contribution is -0.172. The lowest BCUT2D eigenvalue weighted by Crippen LogP contribution is -2.56. The van der Waals surface area contributed by atoms with Crippen LogP contribution < -0.4 is 42.8 Å². The van der Waals surface area contributed by atoms with Crippen LogP contribution in [0.3, 0.4) is 0 Å². The fraction of sp³-hybridized carbons (Fsp3) is 0.434. The van der Waals surface area contributed by atoms with Crippen molar-refractivity contribution in [3.63, 3.8) is 0 Å². The van der Waals surface area contributed by atoms with Crippen LogP contribution in [0.15, 0.2) is 47.3 Å². The van der Waals surface area contributed by atoms with Crippen LogP contribution in [0.25, 0.3) is 22.3 Å². The minimum atomic E-state index is -2.07. The second-order valence-electron chi connectivity index (χ2n) is 19.7. The molecule has 9 N–H and O–H groups in total. The van der Waals surface area contributed by atoms with Gasteiger partial charge in [0.05, 0.1) is 61.2 Å². The average Bonchev–Trinajstić information content (AvgIpc) is 4.19. The number of fused-ring (bicyclic) bond motifs is 5. The number of nitrogens with zero attached hydrogens (tertiary/aromatic N) is 3. The molecule has 0 saturated carbocycles. The van der Waals surface area contributed by atoms with Gasteiger partial charge in [-0.15, -0.1) is 0 Å². The lowest BCUT2D eigenvalue weighted by Gasteiger charge is -2.31. The maximum atomic E-state index is 15.4. The number of benzene rings is 2. The average molecular weight is 1100 g/mol. The van der Waals surface area contributed by atoms with Crippen LogP contribution in [0.1, 0.15) is 85.0 Å². The van der Waals surface area contributed by atoms with Crippen LogP contribution in [0.2, 0.25) is 0 Å². The molecular weight excluding hydrogens is 1040 g/mol. The highest BCUT2D eigenvalue weighted by Gasteiger charge is 2.47. The molecular formula is C53H59FN10O15. The molecule has 2 aromatic heterocycles. The number of carbonyl (C=O) groups is 10. The zero-order valence-corrected chi connectivity index (χ0v) is 43.5. The lowest BCUT2D eigenvalue weighted by atomic mass is 9.81. The SMILES string of the molecule is CC[C@@]1(O)C(=O)OCc2c1cc1n(c2=O)Cc2c-1nc1cc(F)c(C)c3c1c2[C@@H](NC(=O)C(C)OCNC(=O)CNC(=O)[C@H](Cc1ccccc1)NC(=O)CNC(=O)CNC(=O)[C@H](CNCC(=O)O)N1C(=O)CC(C)C1=O)CC3. The van der Waals surface area contributed by atoms with E-state index in [1.807, 2.05) is 0 Å². The quantitative estimate of drug-likeness (QED) is 0.0219. The van der Waals surface area contributed by atoms with Crippen LogP contribution in [0.4, 0.5) is 4.39 Å². The standard InChI is InChI=1S/C53H59FN10O15/c1-5-53(77)32-15-37-46-30(22-63(37)51(75)31(32)23-78-52(53)76)45-34(12-11-29-26(3)33(54)16-35(61-46)44(29)45)62-47(71)27(4)79-24-59-40(66)19-57-48(72)36(14-28-9-7-6-8-10-28)60-41(67)20-56-39(65)18-58-49(73)38(17-55-21-43(69)70)64-42(68)13-25(2)50(64)74/h6-10,15-16,25,27,34,36,38,55,77H,5,11-14,17-24H2,1-4H3,(H,56,65)(H,57,72)(H,58,73)(H,59,66)(H,60,67)(H,62,71)(H,69,70)/t25?,27?,34-,36-,38-,53-/m0/s1. The number of cyclic esters (lactones) is 1. The molecule has 8 rings (SSSR count). The van der Waals surface area contributed by atoms with E-state index in [1.165, 1.54) is 24.5 Å².